The summed E-state index contributed by atoms with van der Waals surface area (Å²) in [6.07, 6.45) is 7.43. The molecule has 2 atom stereocenters. The van der Waals surface area contributed by atoms with Gasteiger partial charge in [-0.05, 0) is 36.6 Å². The van der Waals surface area contributed by atoms with Crippen molar-refractivity contribution in [2.24, 2.45) is 0 Å². The van der Waals surface area contributed by atoms with E-state index in [2.05, 4.69) is 16.0 Å². The van der Waals surface area contributed by atoms with Crippen LogP contribution in [0.25, 0.3) is 0 Å². The summed E-state index contributed by atoms with van der Waals surface area (Å²) in [5.41, 5.74) is 1.20. The molecule has 6 heteroatoms. The molecule has 2 saturated heterocycles. The fourth-order valence-corrected chi connectivity index (χ4v) is 3.99. The number of furan rings is 1. The SMILES string of the molecule is CO[C@H]1CN(C2CCN(C(=O)c3ccco3)CC2)[C@H]1c1cccnc1. The number of likely N-dealkylation sites (tertiary alicyclic amines) is 2. The number of pyridine rings is 1. The lowest BCUT2D eigenvalue weighted by Gasteiger charge is -2.52. The molecule has 4 heterocycles. The van der Waals surface area contributed by atoms with E-state index in [1.807, 2.05) is 17.2 Å². The highest BCUT2D eigenvalue weighted by atomic mass is 16.5. The number of amides is 1. The van der Waals surface area contributed by atoms with Gasteiger partial charge >= 0.3 is 0 Å². The standard InChI is InChI=1S/C19H23N3O3/c1-24-17-13-22(18(17)14-4-2-8-20-12-14)15-6-9-21(10-7-15)19(23)16-5-3-11-25-16/h2-5,8,11-12,15,17-18H,6-7,9-10,13H2,1H3/t17-,18-/m0/s1. The Labute approximate surface area is 147 Å². The molecule has 0 radical (unpaired) electrons. The zero-order chi connectivity index (χ0) is 17.2. The Morgan fingerprint density at radius 1 is 1.28 bits per heavy atom. The maximum absolute atomic E-state index is 12.4. The minimum atomic E-state index is -0.00867. The molecule has 6 nitrogen and oxygen atoms in total. The van der Waals surface area contributed by atoms with Gasteiger partial charge < -0.3 is 14.1 Å². The van der Waals surface area contributed by atoms with Crippen molar-refractivity contribution >= 4 is 5.91 Å². The van der Waals surface area contributed by atoms with Gasteiger partial charge in [0.1, 0.15) is 0 Å². The fraction of sp³-hybridized carbons (Fsp3) is 0.474. The summed E-state index contributed by atoms with van der Waals surface area (Å²) in [7, 11) is 1.77. The number of rotatable bonds is 4. The molecule has 0 aromatic carbocycles. The van der Waals surface area contributed by atoms with Crippen LogP contribution in [0, 0.1) is 0 Å². The molecule has 1 amide bonds. The first-order valence-corrected chi connectivity index (χ1v) is 8.79. The molecule has 2 aliphatic heterocycles. The van der Waals surface area contributed by atoms with Crippen LogP contribution in [0.1, 0.15) is 35.0 Å². The predicted octanol–water partition coefficient (Wildman–Crippen LogP) is 2.35. The van der Waals surface area contributed by atoms with Crippen LogP contribution in [0.3, 0.4) is 0 Å². The lowest BCUT2D eigenvalue weighted by molar-refractivity contribution is -0.115. The first-order chi connectivity index (χ1) is 12.3. The second-order valence-corrected chi connectivity index (χ2v) is 6.70. The van der Waals surface area contributed by atoms with Gasteiger partial charge in [-0.1, -0.05) is 6.07 Å². The topological polar surface area (TPSA) is 58.8 Å². The van der Waals surface area contributed by atoms with Gasteiger partial charge in [0.15, 0.2) is 5.76 Å². The summed E-state index contributed by atoms with van der Waals surface area (Å²) in [6.45, 7) is 2.46. The summed E-state index contributed by atoms with van der Waals surface area (Å²) in [5, 5.41) is 0. The van der Waals surface area contributed by atoms with Crippen molar-refractivity contribution in [3.63, 3.8) is 0 Å². The summed E-state index contributed by atoms with van der Waals surface area (Å²) in [5.74, 6) is 0.417. The minimum absolute atomic E-state index is 0.00867. The van der Waals surface area contributed by atoms with Crippen LogP contribution in [0.5, 0.6) is 0 Å². The van der Waals surface area contributed by atoms with E-state index in [1.54, 1.807) is 31.7 Å². The Bertz CT molecular complexity index is 696. The highest BCUT2D eigenvalue weighted by Gasteiger charge is 2.44. The lowest BCUT2D eigenvalue weighted by atomic mass is 9.87. The van der Waals surface area contributed by atoms with Gasteiger partial charge in [0.2, 0.25) is 0 Å². The van der Waals surface area contributed by atoms with Gasteiger partial charge in [0.25, 0.3) is 5.91 Å². The molecule has 4 rings (SSSR count). The lowest BCUT2D eigenvalue weighted by Crippen LogP contribution is -2.60. The van der Waals surface area contributed by atoms with Crippen molar-refractivity contribution in [3.8, 4) is 0 Å². The second kappa shape index (κ2) is 6.98. The van der Waals surface area contributed by atoms with E-state index in [0.717, 1.165) is 32.5 Å². The molecule has 0 bridgehead atoms. The smallest absolute Gasteiger partial charge is 0.289 e. The third-order valence-electron chi connectivity index (χ3n) is 5.38. The molecule has 0 spiro atoms. The predicted molar refractivity (Wildman–Crippen MR) is 92.1 cm³/mol. The number of carbonyl (C=O) groups is 1. The first kappa shape index (κ1) is 16.3. The summed E-state index contributed by atoms with van der Waals surface area (Å²) in [6, 6.07) is 8.30. The van der Waals surface area contributed by atoms with Gasteiger partial charge in [-0.25, -0.2) is 0 Å². The molecule has 2 fully saturated rings. The van der Waals surface area contributed by atoms with E-state index in [-0.39, 0.29) is 18.1 Å². The third kappa shape index (κ3) is 3.07. The van der Waals surface area contributed by atoms with E-state index in [1.165, 1.54) is 5.56 Å². The van der Waals surface area contributed by atoms with Crippen LogP contribution in [0.4, 0.5) is 0 Å². The average molecular weight is 341 g/mol. The maximum Gasteiger partial charge on any atom is 0.289 e. The highest BCUT2D eigenvalue weighted by molar-refractivity contribution is 5.91. The number of ether oxygens (including phenoxy) is 1. The van der Waals surface area contributed by atoms with Gasteiger partial charge in [0.05, 0.1) is 18.4 Å². The number of hydrogen-bond acceptors (Lipinski definition) is 5. The number of hydrogen-bond donors (Lipinski definition) is 0. The number of methoxy groups -OCH3 is 1. The Balaban J connectivity index is 1.40. The quantitative estimate of drug-likeness (QED) is 0.854. The van der Waals surface area contributed by atoms with Crippen LogP contribution in [0.2, 0.25) is 0 Å². The Hall–Kier alpha value is -2.18. The molecule has 0 unspecified atom stereocenters. The summed E-state index contributed by atoms with van der Waals surface area (Å²) >= 11 is 0. The van der Waals surface area contributed by atoms with Crippen molar-refractivity contribution in [3.05, 3.63) is 54.2 Å². The fourth-order valence-electron chi connectivity index (χ4n) is 3.99. The monoisotopic (exact) mass is 341 g/mol. The van der Waals surface area contributed by atoms with Crippen molar-refractivity contribution in [2.75, 3.05) is 26.7 Å². The van der Waals surface area contributed by atoms with Crippen LogP contribution < -0.4 is 0 Å². The molecule has 0 aliphatic carbocycles. The normalized spacial score (nSPS) is 24.9. The molecule has 2 aliphatic rings. The van der Waals surface area contributed by atoms with Gasteiger partial charge in [-0.3, -0.25) is 14.7 Å². The number of aromatic nitrogens is 1. The third-order valence-corrected chi connectivity index (χ3v) is 5.38. The molecule has 132 valence electrons. The zero-order valence-corrected chi connectivity index (χ0v) is 14.4. The average Bonchev–Trinajstić information content (AvgIpc) is 3.17. The van der Waals surface area contributed by atoms with E-state index in [9.17, 15) is 4.79 Å². The van der Waals surface area contributed by atoms with Crippen LogP contribution >= 0.6 is 0 Å². The van der Waals surface area contributed by atoms with Crippen molar-refractivity contribution in [1.82, 2.24) is 14.8 Å². The van der Waals surface area contributed by atoms with Crippen molar-refractivity contribution in [2.45, 2.75) is 31.0 Å². The highest BCUT2D eigenvalue weighted by Crippen LogP contribution is 2.39. The number of carbonyl (C=O) groups excluding carboxylic acids is 1. The molecule has 2 aromatic rings. The van der Waals surface area contributed by atoms with E-state index >= 15 is 0 Å². The van der Waals surface area contributed by atoms with Gasteiger partial charge in [-0.15, -0.1) is 0 Å². The Kier molecular flexibility index (Phi) is 4.55. The molecule has 25 heavy (non-hydrogen) atoms. The molecule has 0 saturated carbocycles. The second-order valence-electron chi connectivity index (χ2n) is 6.70. The summed E-state index contributed by atoms with van der Waals surface area (Å²) in [4.78, 5) is 21.0. The largest absolute Gasteiger partial charge is 0.459 e. The maximum atomic E-state index is 12.4. The number of piperidine rings is 1. The van der Waals surface area contributed by atoms with Crippen molar-refractivity contribution in [1.29, 1.82) is 0 Å². The molecule has 0 N–H and O–H groups in total. The van der Waals surface area contributed by atoms with Crippen LogP contribution in [-0.4, -0.2) is 59.6 Å². The van der Waals surface area contributed by atoms with E-state index in [4.69, 9.17) is 9.15 Å². The Morgan fingerprint density at radius 2 is 2.12 bits per heavy atom. The number of nitrogens with zero attached hydrogens (tertiary/aromatic N) is 3. The van der Waals surface area contributed by atoms with Crippen LogP contribution in [0.15, 0.2) is 47.3 Å². The van der Waals surface area contributed by atoms with E-state index < -0.39 is 0 Å². The Morgan fingerprint density at radius 3 is 2.76 bits per heavy atom. The molecule has 2 aromatic heterocycles. The minimum Gasteiger partial charge on any atom is -0.459 e. The van der Waals surface area contributed by atoms with Crippen molar-refractivity contribution < 1.29 is 13.9 Å². The van der Waals surface area contributed by atoms with Gasteiger partial charge in [0, 0.05) is 45.2 Å². The summed E-state index contributed by atoms with van der Waals surface area (Å²) < 4.78 is 10.9. The van der Waals surface area contributed by atoms with E-state index in [0.29, 0.717) is 11.8 Å². The molecular weight excluding hydrogens is 318 g/mol. The first-order valence-electron chi connectivity index (χ1n) is 8.79. The van der Waals surface area contributed by atoms with Gasteiger partial charge in [-0.2, -0.15) is 0 Å². The molecular formula is C19H23N3O3. The van der Waals surface area contributed by atoms with Crippen LogP contribution in [-0.2, 0) is 4.74 Å². The zero-order valence-electron chi connectivity index (χ0n) is 14.4.